The lowest BCUT2D eigenvalue weighted by Crippen LogP contribution is -2.56. The predicted octanol–water partition coefficient (Wildman–Crippen LogP) is 3.72. The van der Waals surface area contributed by atoms with Crippen molar-refractivity contribution in [2.45, 2.75) is 18.6 Å². The van der Waals surface area contributed by atoms with Gasteiger partial charge in [0.2, 0.25) is 16.0 Å². The highest BCUT2D eigenvalue weighted by Crippen LogP contribution is 2.41. The first-order chi connectivity index (χ1) is 18.3. The zero-order valence-corrected chi connectivity index (χ0v) is 21.1. The summed E-state index contributed by atoms with van der Waals surface area (Å²) in [6, 6.07) is 9.16. The monoisotopic (exact) mass is 568 g/mol. The molecule has 39 heavy (non-hydrogen) atoms. The standard InChI is InChI=1S/C24H21F5N6O3S/c1-39(37,38)35-8-7-34(12-14(35)9-13-5-3-2-4-6-13)23-30-11-16-20(32-33-22(16)31-23)15-10-17(24(27,28)29)19(26)21(36)18(15)25/h2-6,10-11,14,36H,7-9,12H2,1H3,(H,30,31,32,33)/t14-/m0/s1. The Hall–Kier alpha value is -3.85. The summed E-state index contributed by atoms with van der Waals surface area (Å²) >= 11 is 0. The van der Waals surface area contributed by atoms with Crippen LogP contribution in [0.15, 0.2) is 42.6 Å². The summed E-state index contributed by atoms with van der Waals surface area (Å²) in [4.78, 5) is 10.4. The van der Waals surface area contributed by atoms with Crippen molar-refractivity contribution >= 4 is 27.0 Å². The van der Waals surface area contributed by atoms with Crippen molar-refractivity contribution in [3.05, 3.63) is 65.4 Å². The van der Waals surface area contributed by atoms with E-state index in [1.165, 1.54) is 10.5 Å². The van der Waals surface area contributed by atoms with Crippen molar-refractivity contribution in [1.29, 1.82) is 0 Å². The molecule has 1 aliphatic rings. The van der Waals surface area contributed by atoms with E-state index in [0.717, 1.165) is 11.8 Å². The molecule has 1 fully saturated rings. The number of H-pyrrole nitrogens is 1. The largest absolute Gasteiger partial charge is 0.503 e. The van der Waals surface area contributed by atoms with Crippen LogP contribution in [0, 0.1) is 11.6 Å². The van der Waals surface area contributed by atoms with Gasteiger partial charge in [-0.1, -0.05) is 30.3 Å². The Labute approximate surface area is 219 Å². The number of sulfonamides is 1. The molecule has 1 aliphatic heterocycles. The van der Waals surface area contributed by atoms with Gasteiger partial charge >= 0.3 is 6.18 Å². The first kappa shape index (κ1) is 26.7. The molecule has 4 aromatic rings. The van der Waals surface area contributed by atoms with Crippen molar-refractivity contribution in [3.63, 3.8) is 0 Å². The average Bonchev–Trinajstić information content (AvgIpc) is 3.30. The SMILES string of the molecule is CS(=O)(=O)N1CCN(c2ncc3c(-c4cc(C(F)(F)F)c(F)c(O)c4F)[nH]nc3n2)C[C@@H]1Cc1ccccc1. The number of nitrogens with one attached hydrogen (secondary N) is 1. The molecule has 0 amide bonds. The molecule has 9 nitrogen and oxygen atoms in total. The fourth-order valence-corrected chi connectivity index (χ4v) is 5.77. The zero-order valence-electron chi connectivity index (χ0n) is 20.2. The van der Waals surface area contributed by atoms with Crippen molar-refractivity contribution in [3.8, 4) is 17.0 Å². The second kappa shape index (κ2) is 9.72. The Morgan fingerprint density at radius 3 is 2.51 bits per heavy atom. The average molecular weight is 569 g/mol. The predicted molar refractivity (Wildman–Crippen MR) is 131 cm³/mol. The molecule has 206 valence electrons. The normalized spacial score (nSPS) is 17.2. The van der Waals surface area contributed by atoms with Gasteiger partial charge in [0.05, 0.1) is 22.9 Å². The summed E-state index contributed by atoms with van der Waals surface area (Å²) in [6.07, 6.45) is -2.38. The van der Waals surface area contributed by atoms with Crippen LogP contribution in [0.5, 0.6) is 5.75 Å². The van der Waals surface area contributed by atoms with Gasteiger partial charge < -0.3 is 10.0 Å². The van der Waals surface area contributed by atoms with Crippen LogP contribution in [0.1, 0.15) is 11.1 Å². The third-order valence-corrected chi connectivity index (χ3v) is 7.84. The van der Waals surface area contributed by atoms with E-state index in [1.54, 1.807) is 4.90 Å². The molecule has 5 rings (SSSR count). The van der Waals surface area contributed by atoms with E-state index in [0.29, 0.717) is 6.42 Å². The quantitative estimate of drug-likeness (QED) is 0.353. The minimum absolute atomic E-state index is 0.0167. The Balaban J connectivity index is 1.48. The van der Waals surface area contributed by atoms with Crippen LogP contribution in [0.3, 0.4) is 0 Å². The summed E-state index contributed by atoms with van der Waals surface area (Å²) in [7, 11) is -3.50. The Bertz CT molecular complexity index is 1650. The van der Waals surface area contributed by atoms with Gasteiger partial charge in [-0.15, -0.1) is 0 Å². The first-order valence-corrected chi connectivity index (χ1v) is 13.4. The van der Waals surface area contributed by atoms with Gasteiger partial charge in [0.1, 0.15) is 0 Å². The summed E-state index contributed by atoms with van der Waals surface area (Å²) in [5.74, 6) is -5.31. The lowest BCUT2D eigenvalue weighted by atomic mass is 10.0. The fraction of sp³-hybridized carbons (Fsp3) is 0.292. The van der Waals surface area contributed by atoms with Crippen LogP contribution < -0.4 is 4.90 Å². The molecule has 0 unspecified atom stereocenters. The smallest absolute Gasteiger partial charge is 0.419 e. The van der Waals surface area contributed by atoms with Gasteiger partial charge in [0.25, 0.3) is 0 Å². The molecule has 0 aliphatic carbocycles. The molecule has 0 bridgehead atoms. The summed E-state index contributed by atoms with van der Waals surface area (Å²) in [5, 5.41) is 16.0. The molecule has 1 saturated heterocycles. The van der Waals surface area contributed by atoms with Crippen LogP contribution in [0.2, 0.25) is 0 Å². The molecule has 3 heterocycles. The summed E-state index contributed by atoms with van der Waals surface area (Å²) < 4.78 is 94.6. The molecule has 0 spiro atoms. The van der Waals surface area contributed by atoms with Crippen LogP contribution >= 0.6 is 0 Å². The molecule has 1 atom stereocenters. The molecule has 2 N–H and O–H groups in total. The number of rotatable bonds is 5. The van der Waals surface area contributed by atoms with Gasteiger partial charge in [-0.3, -0.25) is 5.10 Å². The molecular formula is C24H21F5N6O3S. The maximum Gasteiger partial charge on any atom is 0.419 e. The molecule has 2 aromatic carbocycles. The molecular weight excluding hydrogens is 547 g/mol. The molecule has 0 saturated carbocycles. The third kappa shape index (κ3) is 5.11. The highest BCUT2D eigenvalue weighted by molar-refractivity contribution is 7.88. The number of aromatic amines is 1. The highest BCUT2D eigenvalue weighted by atomic mass is 32.2. The van der Waals surface area contributed by atoms with Crippen LogP contribution in [0.4, 0.5) is 27.9 Å². The number of benzene rings is 2. The van der Waals surface area contributed by atoms with Crippen molar-refractivity contribution < 1.29 is 35.5 Å². The van der Waals surface area contributed by atoms with Gasteiger partial charge in [-0.05, 0) is 18.1 Å². The summed E-state index contributed by atoms with van der Waals surface area (Å²) in [6.45, 7) is 0.681. The summed E-state index contributed by atoms with van der Waals surface area (Å²) in [5.41, 5.74) is -1.96. The minimum Gasteiger partial charge on any atom is -0.503 e. The maximum atomic E-state index is 14.6. The van der Waals surface area contributed by atoms with E-state index in [1.807, 2.05) is 30.3 Å². The van der Waals surface area contributed by atoms with E-state index >= 15 is 0 Å². The molecule has 0 radical (unpaired) electrons. The van der Waals surface area contributed by atoms with Gasteiger partial charge in [-0.25, -0.2) is 22.2 Å². The lowest BCUT2D eigenvalue weighted by Gasteiger charge is -2.40. The van der Waals surface area contributed by atoms with Crippen molar-refractivity contribution in [2.24, 2.45) is 0 Å². The third-order valence-electron chi connectivity index (χ3n) is 6.50. The second-order valence-electron chi connectivity index (χ2n) is 9.12. The number of anilines is 1. The highest BCUT2D eigenvalue weighted by Gasteiger charge is 2.38. The van der Waals surface area contributed by atoms with Gasteiger partial charge in [-0.2, -0.15) is 27.6 Å². The first-order valence-electron chi connectivity index (χ1n) is 11.6. The number of hydrogen-bond acceptors (Lipinski definition) is 7. The van der Waals surface area contributed by atoms with Crippen molar-refractivity contribution in [2.75, 3.05) is 30.8 Å². The number of fused-ring (bicyclic) bond motifs is 1. The number of phenols is 1. The number of nitrogens with zero attached hydrogens (tertiary/aromatic N) is 5. The maximum absolute atomic E-state index is 14.6. The van der Waals surface area contributed by atoms with Gasteiger partial charge in [0.15, 0.2) is 23.0 Å². The van der Waals surface area contributed by atoms with E-state index < -0.39 is 50.8 Å². The fourth-order valence-electron chi connectivity index (χ4n) is 4.67. The topological polar surface area (TPSA) is 115 Å². The Kier molecular flexibility index (Phi) is 6.66. The van der Waals surface area contributed by atoms with Crippen LogP contribution in [-0.2, 0) is 22.6 Å². The molecule has 2 aromatic heterocycles. The van der Waals surface area contributed by atoms with Gasteiger partial charge in [0, 0.05) is 37.4 Å². The number of aromatic nitrogens is 4. The number of hydrogen-bond donors (Lipinski definition) is 2. The van der Waals surface area contributed by atoms with Crippen LogP contribution in [-0.4, -0.2) is 69.9 Å². The van der Waals surface area contributed by atoms with E-state index in [4.69, 9.17) is 0 Å². The van der Waals surface area contributed by atoms with E-state index in [-0.39, 0.29) is 48.4 Å². The van der Waals surface area contributed by atoms with E-state index in [9.17, 15) is 35.5 Å². The second-order valence-corrected chi connectivity index (χ2v) is 11.1. The zero-order chi connectivity index (χ0) is 28.1. The van der Waals surface area contributed by atoms with Crippen LogP contribution in [0.25, 0.3) is 22.3 Å². The minimum atomic E-state index is -5.19. The number of phenolic OH excluding ortho intramolecular Hbond substituents is 1. The molecule has 15 heteroatoms. The lowest BCUT2D eigenvalue weighted by molar-refractivity contribution is -0.140. The number of alkyl halides is 3. The number of aromatic hydroxyl groups is 1. The van der Waals surface area contributed by atoms with E-state index in [2.05, 4.69) is 20.2 Å². The Morgan fingerprint density at radius 1 is 1.13 bits per heavy atom. The Morgan fingerprint density at radius 2 is 1.85 bits per heavy atom. The number of halogens is 5. The number of piperazine rings is 1. The van der Waals surface area contributed by atoms with Crippen molar-refractivity contribution in [1.82, 2.24) is 24.5 Å².